The molecule has 0 radical (unpaired) electrons. The van der Waals surface area contributed by atoms with E-state index in [0.29, 0.717) is 0 Å². The number of unbranched alkanes of at least 4 members (excludes halogenated alkanes) is 12. The van der Waals surface area contributed by atoms with Gasteiger partial charge in [0.05, 0.1) is 6.61 Å². The molecular formula is C15H34NO4P. The van der Waals surface area contributed by atoms with E-state index in [-0.39, 0.29) is 6.61 Å². The third-order valence-corrected chi connectivity index (χ3v) is 4.13. The van der Waals surface area contributed by atoms with Crippen molar-refractivity contribution in [3.8, 4) is 0 Å². The van der Waals surface area contributed by atoms with Crippen molar-refractivity contribution < 1.29 is 18.9 Å². The summed E-state index contributed by atoms with van der Waals surface area (Å²) < 4.78 is 14.8. The van der Waals surface area contributed by atoms with E-state index in [1.54, 1.807) is 0 Å². The lowest BCUT2D eigenvalue weighted by molar-refractivity contribution is 0.193. The quantitative estimate of drug-likeness (QED) is 0.293. The minimum atomic E-state index is -4.26. The van der Waals surface area contributed by atoms with Gasteiger partial charge < -0.3 is 15.5 Å². The highest BCUT2D eigenvalue weighted by Crippen LogP contribution is 2.35. The van der Waals surface area contributed by atoms with Crippen LogP contribution < -0.4 is 5.73 Å². The summed E-state index contributed by atoms with van der Waals surface area (Å²) in [4.78, 5) is 17.0. The number of nitrogens with two attached hydrogens (primary N) is 1. The molecule has 0 aliphatic carbocycles. The lowest BCUT2D eigenvalue weighted by atomic mass is 10.0. The van der Waals surface area contributed by atoms with E-state index in [1.807, 2.05) is 0 Å². The van der Waals surface area contributed by atoms with Gasteiger partial charge in [-0.1, -0.05) is 70.6 Å². The maximum absolute atomic E-state index is 10.4. The average molecular weight is 323 g/mol. The lowest BCUT2D eigenvalue weighted by Gasteiger charge is -2.05. The molecule has 0 spiro atoms. The molecule has 128 valence electrons. The molecule has 0 saturated heterocycles. The zero-order chi connectivity index (χ0) is 15.8. The van der Waals surface area contributed by atoms with Crippen molar-refractivity contribution >= 4 is 7.82 Å². The summed E-state index contributed by atoms with van der Waals surface area (Å²) in [5.41, 5.74) is 5.45. The molecule has 0 saturated carbocycles. The third kappa shape index (κ3) is 20.1. The number of phosphoric acid groups is 1. The van der Waals surface area contributed by atoms with Crippen LogP contribution in [0.2, 0.25) is 0 Å². The van der Waals surface area contributed by atoms with Gasteiger partial charge >= 0.3 is 7.82 Å². The van der Waals surface area contributed by atoms with Crippen molar-refractivity contribution in [2.24, 2.45) is 5.73 Å². The molecule has 0 fully saturated rings. The van der Waals surface area contributed by atoms with Crippen molar-refractivity contribution in [1.82, 2.24) is 0 Å². The topological polar surface area (TPSA) is 92.8 Å². The van der Waals surface area contributed by atoms with Gasteiger partial charge in [-0.05, 0) is 19.4 Å². The van der Waals surface area contributed by atoms with Gasteiger partial charge in [-0.25, -0.2) is 4.57 Å². The van der Waals surface area contributed by atoms with Crippen LogP contribution in [0.15, 0.2) is 0 Å². The molecule has 0 bridgehead atoms. The van der Waals surface area contributed by atoms with Crippen molar-refractivity contribution in [3.63, 3.8) is 0 Å². The van der Waals surface area contributed by atoms with E-state index in [1.165, 1.54) is 64.2 Å². The first-order chi connectivity index (χ1) is 10.1. The van der Waals surface area contributed by atoms with Crippen LogP contribution in [0.4, 0.5) is 0 Å². The van der Waals surface area contributed by atoms with Gasteiger partial charge in [-0.15, -0.1) is 0 Å². The minimum Gasteiger partial charge on any atom is -0.330 e. The predicted molar refractivity (Wildman–Crippen MR) is 87.1 cm³/mol. The van der Waals surface area contributed by atoms with Crippen LogP contribution in [-0.4, -0.2) is 22.9 Å². The van der Waals surface area contributed by atoms with Gasteiger partial charge in [-0.3, -0.25) is 4.52 Å². The van der Waals surface area contributed by atoms with Crippen LogP contribution in [0.3, 0.4) is 0 Å². The first-order valence-corrected chi connectivity index (χ1v) is 9.99. The zero-order valence-corrected chi connectivity index (χ0v) is 14.2. The van der Waals surface area contributed by atoms with Crippen molar-refractivity contribution in [2.45, 2.75) is 83.5 Å². The fourth-order valence-corrected chi connectivity index (χ4v) is 2.74. The molecule has 4 N–H and O–H groups in total. The fraction of sp³-hybridized carbons (Fsp3) is 1.00. The third-order valence-electron chi connectivity index (χ3n) is 3.61. The molecular weight excluding hydrogens is 289 g/mol. The van der Waals surface area contributed by atoms with E-state index < -0.39 is 7.82 Å². The first kappa shape index (κ1) is 21.1. The van der Waals surface area contributed by atoms with Crippen LogP contribution in [0.25, 0.3) is 0 Å². The highest BCUT2D eigenvalue weighted by molar-refractivity contribution is 7.46. The van der Waals surface area contributed by atoms with Crippen LogP contribution in [-0.2, 0) is 9.09 Å². The van der Waals surface area contributed by atoms with E-state index in [0.717, 1.165) is 25.8 Å². The highest BCUT2D eigenvalue weighted by Gasteiger charge is 2.12. The SMILES string of the molecule is NCCCCCCCCCCCCCCCOP(=O)(O)O. The minimum absolute atomic E-state index is 0.161. The van der Waals surface area contributed by atoms with Gasteiger partial charge in [0.1, 0.15) is 0 Å². The predicted octanol–water partition coefficient (Wildman–Crippen LogP) is 4.13. The van der Waals surface area contributed by atoms with Crippen molar-refractivity contribution in [3.05, 3.63) is 0 Å². The highest BCUT2D eigenvalue weighted by atomic mass is 31.2. The lowest BCUT2D eigenvalue weighted by Crippen LogP contribution is -1.97. The molecule has 5 nitrogen and oxygen atoms in total. The van der Waals surface area contributed by atoms with Gasteiger partial charge in [0.25, 0.3) is 0 Å². The number of rotatable bonds is 16. The van der Waals surface area contributed by atoms with Crippen LogP contribution in [0, 0.1) is 0 Å². The average Bonchev–Trinajstić information content (AvgIpc) is 2.42. The number of phosphoric ester groups is 1. The second kappa shape index (κ2) is 15.0. The molecule has 0 unspecified atom stereocenters. The standard InChI is InChI=1S/C15H34NO4P/c16-14-12-10-8-6-4-2-1-3-5-7-9-11-13-15-20-21(17,18)19/h1-16H2,(H2,17,18,19). The van der Waals surface area contributed by atoms with Gasteiger partial charge in [0.2, 0.25) is 0 Å². The molecule has 0 heterocycles. The van der Waals surface area contributed by atoms with Gasteiger partial charge in [-0.2, -0.15) is 0 Å². The molecule has 0 aromatic heterocycles. The Morgan fingerprint density at radius 2 is 1.00 bits per heavy atom. The molecule has 21 heavy (non-hydrogen) atoms. The molecule has 0 atom stereocenters. The van der Waals surface area contributed by atoms with E-state index >= 15 is 0 Å². The molecule has 0 aromatic carbocycles. The normalized spacial score (nSPS) is 12.0. The summed E-state index contributed by atoms with van der Waals surface area (Å²) in [5.74, 6) is 0. The summed E-state index contributed by atoms with van der Waals surface area (Å²) >= 11 is 0. The molecule has 0 aromatic rings. The van der Waals surface area contributed by atoms with Gasteiger partial charge in [0.15, 0.2) is 0 Å². The van der Waals surface area contributed by atoms with Crippen LogP contribution in [0.1, 0.15) is 83.5 Å². The summed E-state index contributed by atoms with van der Waals surface area (Å²) in [7, 11) is -4.26. The Hall–Kier alpha value is 0.0700. The van der Waals surface area contributed by atoms with E-state index in [2.05, 4.69) is 4.52 Å². The fourth-order valence-electron chi connectivity index (χ4n) is 2.37. The Morgan fingerprint density at radius 1 is 0.667 bits per heavy atom. The molecule has 6 heteroatoms. The maximum atomic E-state index is 10.4. The molecule has 0 amide bonds. The van der Waals surface area contributed by atoms with Crippen molar-refractivity contribution in [2.75, 3.05) is 13.2 Å². The monoisotopic (exact) mass is 323 g/mol. The summed E-state index contributed by atoms with van der Waals surface area (Å²) in [5, 5.41) is 0. The molecule has 0 aliphatic heterocycles. The summed E-state index contributed by atoms with van der Waals surface area (Å²) in [6.45, 7) is 0.986. The van der Waals surface area contributed by atoms with E-state index in [9.17, 15) is 4.57 Å². The smallest absolute Gasteiger partial charge is 0.330 e. The van der Waals surface area contributed by atoms with Crippen LogP contribution in [0.5, 0.6) is 0 Å². The number of hydrogen-bond acceptors (Lipinski definition) is 3. The van der Waals surface area contributed by atoms with Gasteiger partial charge in [0, 0.05) is 0 Å². The summed E-state index contributed by atoms with van der Waals surface area (Å²) in [6, 6.07) is 0. The largest absolute Gasteiger partial charge is 0.469 e. The Kier molecular flexibility index (Phi) is 15.0. The van der Waals surface area contributed by atoms with Crippen LogP contribution >= 0.6 is 7.82 Å². The second-order valence-corrected chi connectivity index (χ2v) is 6.95. The second-order valence-electron chi connectivity index (χ2n) is 5.71. The molecule has 0 aliphatic rings. The zero-order valence-electron chi connectivity index (χ0n) is 13.3. The maximum Gasteiger partial charge on any atom is 0.469 e. The number of hydrogen-bond donors (Lipinski definition) is 3. The summed E-state index contributed by atoms with van der Waals surface area (Å²) in [6.07, 6.45) is 15.8. The Labute approximate surface area is 129 Å². The van der Waals surface area contributed by atoms with Crippen molar-refractivity contribution in [1.29, 1.82) is 0 Å². The first-order valence-electron chi connectivity index (χ1n) is 8.46. The van der Waals surface area contributed by atoms with E-state index in [4.69, 9.17) is 15.5 Å². The molecule has 0 rings (SSSR count). The Morgan fingerprint density at radius 3 is 1.33 bits per heavy atom. The Bertz CT molecular complexity index is 258. The Balaban J connectivity index is 3.01.